The number of carboxylic acid groups (broad SMARTS) is 1. The monoisotopic (exact) mass is 316 g/mol. The summed E-state index contributed by atoms with van der Waals surface area (Å²) >= 11 is 0. The summed E-state index contributed by atoms with van der Waals surface area (Å²) in [7, 11) is 0. The van der Waals surface area contributed by atoms with Crippen LogP contribution in [0.1, 0.15) is 71.1 Å². The van der Waals surface area contributed by atoms with Gasteiger partial charge in [-0.25, -0.2) is 0 Å². The number of rotatable bonds is 13. The van der Waals surface area contributed by atoms with E-state index in [-0.39, 0.29) is 41.7 Å². The molecular formula is C18H29NaO3. The van der Waals surface area contributed by atoms with Crippen LogP contribution in [-0.4, -0.2) is 11.1 Å². The molecule has 0 spiro atoms. The molecule has 1 N–H and O–H groups in total. The van der Waals surface area contributed by atoms with Gasteiger partial charge in [0.2, 0.25) is 0 Å². The molecule has 4 heteroatoms. The fourth-order valence-electron chi connectivity index (χ4n) is 1.87. The molecule has 0 aliphatic heterocycles. The number of allylic oxidation sites excluding steroid dienone is 5. The van der Waals surface area contributed by atoms with Crippen LogP contribution in [0.25, 0.3) is 0 Å². The Hall–Kier alpha value is -0.510. The maximum Gasteiger partial charge on any atom is 1.00 e. The molecule has 0 heterocycles. The maximum atomic E-state index is 11.5. The third kappa shape index (κ3) is 19.5. The standard InChI is InChI=1S/C18H30O3.Na/c1-2-3-4-11-14-17(19)15-12-9-7-5-6-8-10-13-16-18(20)21;/h5-6,9,12,14,19H,2-4,7-8,10-11,13,15-16H2,1H3,(H,20,21);/q;+1/p-1/b6-5-,12-9-,17-14+;. The van der Waals surface area contributed by atoms with Crippen molar-refractivity contribution in [3.63, 3.8) is 0 Å². The van der Waals surface area contributed by atoms with E-state index in [9.17, 15) is 9.90 Å². The van der Waals surface area contributed by atoms with Gasteiger partial charge in [0.05, 0.1) is 0 Å². The van der Waals surface area contributed by atoms with Crippen LogP contribution in [0.15, 0.2) is 36.1 Å². The Labute approximate surface area is 157 Å². The second-order valence-electron chi connectivity index (χ2n) is 5.19. The third-order valence-electron chi connectivity index (χ3n) is 3.12. The van der Waals surface area contributed by atoms with Crippen molar-refractivity contribution in [1.29, 1.82) is 0 Å². The molecule has 0 rings (SSSR count). The van der Waals surface area contributed by atoms with Gasteiger partial charge in [0.15, 0.2) is 0 Å². The van der Waals surface area contributed by atoms with Crippen molar-refractivity contribution in [1.82, 2.24) is 0 Å². The minimum Gasteiger partial charge on any atom is -0.875 e. The van der Waals surface area contributed by atoms with Crippen molar-refractivity contribution in [3.8, 4) is 0 Å². The predicted molar refractivity (Wildman–Crippen MR) is 85.8 cm³/mol. The van der Waals surface area contributed by atoms with Gasteiger partial charge in [-0.15, -0.1) is 5.76 Å². The number of unbranched alkanes of at least 4 members (excludes halogenated alkanes) is 5. The largest absolute Gasteiger partial charge is 1.00 e. The summed E-state index contributed by atoms with van der Waals surface area (Å²) < 4.78 is 0. The van der Waals surface area contributed by atoms with E-state index in [1.165, 1.54) is 12.8 Å². The zero-order valence-corrected chi connectivity index (χ0v) is 16.2. The van der Waals surface area contributed by atoms with E-state index in [0.717, 1.165) is 38.5 Å². The number of hydrogen-bond acceptors (Lipinski definition) is 2. The third-order valence-corrected chi connectivity index (χ3v) is 3.12. The molecule has 0 unspecified atom stereocenters. The second kappa shape index (κ2) is 18.5. The molecule has 0 fully saturated rings. The Morgan fingerprint density at radius 3 is 2.36 bits per heavy atom. The van der Waals surface area contributed by atoms with Gasteiger partial charge in [0.25, 0.3) is 0 Å². The molecule has 3 nitrogen and oxygen atoms in total. The van der Waals surface area contributed by atoms with Crippen LogP contribution >= 0.6 is 0 Å². The summed E-state index contributed by atoms with van der Waals surface area (Å²) in [6, 6.07) is 0. The van der Waals surface area contributed by atoms with E-state index < -0.39 is 5.97 Å². The Morgan fingerprint density at radius 2 is 1.68 bits per heavy atom. The Bertz CT molecular complexity index is 346. The van der Waals surface area contributed by atoms with Gasteiger partial charge in [-0.1, -0.05) is 50.1 Å². The zero-order chi connectivity index (χ0) is 15.8. The van der Waals surface area contributed by atoms with Crippen molar-refractivity contribution in [3.05, 3.63) is 36.1 Å². The average Bonchev–Trinajstić information content (AvgIpc) is 2.45. The molecular weight excluding hydrogens is 287 g/mol. The molecule has 0 aromatic carbocycles. The second-order valence-corrected chi connectivity index (χ2v) is 5.19. The molecule has 0 aliphatic carbocycles. The number of hydrogen-bond donors (Lipinski definition) is 1. The van der Waals surface area contributed by atoms with Crippen LogP contribution in [-0.2, 0) is 4.79 Å². The van der Waals surface area contributed by atoms with Gasteiger partial charge in [0, 0.05) is 6.42 Å². The van der Waals surface area contributed by atoms with E-state index in [0.29, 0.717) is 6.42 Å². The summed E-state index contributed by atoms with van der Waals surface area (Å²) in [5.41, 5.74) is 0. The van der Waals surface area contributed by atoms with E-state index in [1.54, 1.807) is 6.08 Å². The minimum atomic E-state index is -0.724. The van der Waals surface area contributed by atoms with Gasteiger partial charge in [-0.05, 0) is 44.9 Å². The topological polar surface area (TPSA) is 60.4 Å². The van der Waals surface area contributed by atoms with E-state index in [2.05, 4.69) is 19.1 Å². The summed E-state index contributed by atoms with van der Waals surface area (Å²) in [6.07, 6.45) is 18.4. The molecule has 0 aliphatic rings. The van der Waals surface area contributed by atoms with Crippen molar-refractivity contribution < 1.29 is 44.6 Å². The van der Waals surface area contributed by atoms with Crippen LogP contribution in [0.4, 0.5) is 0 Å². The van der Waals surface area contributed by atoms with Gasteiger partial charge >= 0.3 is 35.5 Å². The van der Waals surface area contributed by atoms with Crippen molar-refractivity contribution in [2.45, 2.75) is 71.1 Å². The first-order chi connectivity index (χ1) is 10.2. The SMILES string of the molecule is CCCCC/C=C(/[O-])C/C=C\C/C=C\CCCCC(=O)O.[Na+]. The molecule has 0 bridgehead atoms. The average molecular weight is 316 g/mol. The maximum absolute atomic E-state index is 11.5. The molecule has 0 aromatic rings. The molecule has 0 amide bonds. The molecule has 120 valence electrons. The van der Waals surface area contributed by atoms with E-state index in [4.69, 9.17) is 5.11 Å². The van der Waals surface area contributed by atoms with Gasteiger partial charge < -0.3 is 10.2 Å². The quantitative estimate of drug-likeness (QED) is 0.241. The summed E-state index contributed by atoms with van der Waals surface area (Å²) in [4.78, 5) is 10.3. The van der Waals surface area contributed by atoms with Gasteiger partial charge in [-0.3, -0.25) is 4.79 Å². The van der Waals surface area contributed by atoms with Gasteiger partial charge in [0.1, 0.15) is 0 Å². The fourth-order valence-corrected chi connectivity index (χ4v) is 1.87. The van der Waals surface area contributed by atoms with Crippen LogP contribution in [0, 0.1) is 0 Å². The zero-order valence-electron chi connectivity index (χ0n) is 14.2. The first-order valence-corrected chi connectivity index (χ1v) is 8.04. The molecule has 0 radical (unpaired) electrons. The van der Waals surface area contributed by atoms with Crippen LogP contribution in [0.2, 0.25) is 0 Å². The van der Waals surface area contributed by atoms with Crippen molar-refractivity contribution >= 4 is 5.97 Å². The van der Waals surface area contributed by atoms with Crippen LogP contribution in [0.3, 0.4) is 0 Å². The molecule has 0 aromatic heterocycles. The molecule has 0 atom stereocenters. The molecule has 0 saturated carbocycles. The Balaban J connectivity index is 0. The summed E-state index contributed by atoms with van der Waals surface area (Å²) in [6.45, 7) is 2.16. The first kappa shape index (κ1) is 23.8. The number of carboxylic acids is 1. The summed E-state index contributed by atoms with van der Waals surface area (Å²) in [5, 5.41) is 20.0. The molecule has 0 saturated heterocycles. The van der Waals surface area contributed by atoms with Crippen molar-refractivity contribution in [2.75, 3.05) is 0 Å². The normalized spacial score (nSPS) is 12.0. The fraction of sp³-hybridized carbons (Fsp3) is 0.611. The summed E-state index contributed by atoms with van der Waals surface area (Å²) in [5.74, 6) is -0.516. The van der Waals surface area contributed by atoms with Crippen molar-refractivity contribution in [2.24, 2.45) is 0 Å². The Kier molecular flexibility index (Phi) is 20.0. The van der Waals surface area contributed by atoms with Crippen LogP contribution < -0.4 is 34.7 Å². The van der Waals surface area contributed by atoms with E-state index >= 15 is 0 Å². The number of carbonyl (C=O) groups is 1. The van der Waals surface area contributed by atoms with Gasteiger partial charge in [-0.2, -0.15) is 0 Å². The Morgan fingerprint density at radius 1 is 1.00 bits per heavy atom. The van der Waals surface area contributed by atoms with E-state index in [1.807, 2.05) is 12.2 Å². The minimum absolute atomic E-state index is 0. The first-order valence-electron chi connectivity index (χ1n) is 8.04. The predicted octanol–water partition coefficient (Wildman–Crippen LogP) is 1.35. The smallest absolute Gasteiger partial charge is 0.875 e. The molecule has 22 heavy (non-hydrogen) atoms. The van der Waals surface area contributed by atoms with Crippen LogP contribution in [0.5, 0.6) is 0 Å². The number of aliphatic carboxylic acids is 1.